The number of nitrogens with one attached hydrogen (secondary N) is 3. The van der Waals surface area contributed by atoms with Crippen LogP contribution in [0.15, 0.2) is 24.5 Å². The molecule has 1 fully saturated rings. The molecular formula is C18H20FN7OS. The van der Waals surface area contributed by atoms with Crippen molar-refractivity contribution in [2.24, 2.45) is 0 Å². The highest BCUT2D eigenvalue weighted by molar-refractivity contribution is 7.22. The lowest BCUT2D eigenvalue weighted by atomic mass is 10.1. The highest BCUT2D eigenvalue weighted by Crippen LogP contribution is 2.32. The molecule has 3 aromatic rings. The lowest BCUT2D eigenvalue weighted by molar-refractivity contribution is 0.252. The summed E-state index contributed by atoms with van der Waals surface area (Å²) in [6.07, 6.45) is 3.27. The number of nitrogens with zero attached hydrogens (tertiary/aromatic N) is 4. The maximum Gasteiger partial charge on any atom is 0.321 e. The number of fused-ring (bicyclic) bond motifs is 1. The number of hydrogen-bond acceptors (Lipinski definition) is 7. The van der Waals surface area contributed by atoms with E-state index in [-0.39, 0.29) is 11.8 Å². The first-order valence-electron chi connectivity index (χ1n) is 9.07. The van der Waals surface area contributed by atoms with E-state index in [1.165, 1.54) is 17.4 Å². The van der Waals surface area contributed by atoms with Crippen LogP contribution in [0.1, 0.15) is 6.92 Å². The average molecular weight is 401 g/mol. The van der Waals surface area contributed by atoms with E-state index in [2.05, 4.69) is 35.8 Å². The Morgan fingerprint density at radius 1 is 1.29 bits per heavy atom. The number of halogens is 1. The Balaban J connectivity index is 1.59. The van der Waals surface area contributed by atoms with Gasteiger partial charge in [-0.2, -0.15) is 0 Å². The third-order valence-electron chi connectivity index (χ3n) is 4.38. The Labute approximate surface area is 165 Å². The molecule has 3 N–H and O–H groups in total. The van der Waals surface area contributed by atoms with Gasteiger partial charge in [-0.3, -0.25) is 5.32 Å². The number of thiazole rings is 1. The van der Waals surface area contributed by atoms with Crippen LogP contribution in [0.3, 0.4) is 0 Å². The number of carbonyl (C=O) groups is 1. The van der Waals surface area contributed by atoms with Crippen LogP contribution in [0, 0.1) is 5.82 Å². The summed E-state index contributed by atoms with van der Waals surface area (Å²) in [4.78, 5) is 26.9. The van der Waals surface area contributed by atoms with E-state index in [4.69, 9.17) is 0 Å². The minimum absolute atomic E-state index is 0.334. The highest BCUT2D eigenvalue weighted by Gasteiger charge is 2.15. The number of piperazine rings is 1. The molecule has 2 amide bonds. The summed E-state index contributed by atoms with van der Waals surface area (Å²) in [6, 6.07) is 2.75. The molecule has 0 aliphatic carbocycles. The van der Waals surface area contributed by atoms with Gasteiger partial charge in [0.15, 0.2) is 5.13 Å². The summed E-state index contributed by atoms with van der Waals surface area (Å²) in [5.74, 6) is 0.271. The zero-order chi connectivity index (χ0) is 19.5. The largest absolute Gasteiger partial charge is 0.338 e. The third-order valence-corrected chi connectivity index (χ3v) is 5.32. The Hall–Kier alpha value is -2.85. The summed E-state index contributed by atoms with van der Waals surface area (Å²) in [7, 11) is 0. The second kappa shape index (κ2) is 8.03. The molecule has 0 bridgehead atoms. The number of benzene rings is 1. The maximum atomic E-state index is 14.7. The number of rotatable bonds is 4. The third kappa shape index (κ3) is 3.87. The Morgan fingerprint density at radius 2 is 2.04 bits per heavy atom. The zero-order valence-corrected chi connectivity index (χ0v) is 16.1. The summed E-state index contributed by atoms with van der Waals surface area (Å²) < 4.78 is 15.3. The second-order valence-electron chi connectivity index (χ2n) is 6.31. The minimum atomic E-state index is -0.376. The fraction of sp³-hybridized carbons (Fsp3) is 0.333. The minimum Gasteiger partial charge on any atom is -0.338 e. The molecule has 0 radical (unpaired) electrons. The summed E-state index contributed by atoms with van der Waals surface area (Å²) in [5, 5.41) is 8.99. The van der Waals surface area contributed by atoms with Gasteiger partial charge in [-0.25, -0.2) is 24.1 Å². The highest BCUT2D eigenvalue weighted by atomic mass is 32.1. The topological polar surface area (TPSA) is 95.1 Å². The van der Waals surface area contributed by atoms with Gasteiger partial charge in [-0.15, -0.1) is 0 Å². The SMILES string of the molecule is CCNC(=O)Nc1nc2cc(-c3cnc(N4CCNCC4)nc3)c(F)cc2s1. The Bertz CT molecular complexity index is 986. The van der Waals surface area contributed by atoms with Crippen molar-refractivity contribution in [2.45, 2.75) is 6.92 Å². The average Bonchev–Trinajstić information content (AvgIpc) is 3.09. The van der Waals surface area contributed by atoms with Gasteiger partial charge in [0.1, 0.15) is 5.82 Å². The number of aromatic nitrogens is 3. The number of carbonyl (C=O) groups excluding carboxylic acids is 1. The van der Waals surface area contributed by atoms with Gasteiger partial charge in [0.05, 0.1) is 10.2 Å². The van der Waals surface area contributed by atoms with Gasteiger partial charge >= 0.3 is 6.03 Å². The van der Waals surface area contributed by atoms with Crippen LogP contribution in [0.5, 0.6) is 0 Å². The van der Waals surface area contributed by atoms with E-state index < -0.39 is 0 Å². The molecule has 8 nitrogen and oxygen atoms in total. The van der Waals surface area contributed by atoms with Crippen molar-refractivity contribution in [1.29, 1.82) is 0 Å². The monoisotopic (exact) mass is 401 g/mol. The number of amides is 2. The molecule has 0 unspecified atom stereocenters. The fourth-order valence-electron chi connectivity index (χ4n) is 3.01. The zero-order valence-electron chi connectivity index (χ0n) is 15.3. The smallest absolute Gasteiger partial charge is 0.321 e. The van der Waals surface area contributed by atoms with Crippen molar-refractivity contribution in [2.75, 3.05) is 42.9 Å². The van der Waals surface area contributed by atoms with E-state index in [0.29, 0.717) is 39.0 Å². The van der Waals surface area contributed by atoms with Gasteiger partial charge in [0, 0.05) is 56.2 Å². The quantitative estimate of drug-likeness (QED) is 0.622. The Morgan fingerprint density at radius 3 is 2.75 bits per heavy atom. The molecule has 0 spiro atoms. The molecule has 3 heterocycles. The molecule has 1 saturated heterocycles. The van der Waals surface area contributed by atoms with E-state index in [1.807, 2.05) is 6.92 Å². The second-order valence-corrected chi connectivity index (χ2v) is 7.34. The van der Waals surface area contributed by atoms with Crippen molar-refractivity contribution in [1.82, 2.24) is 25.6 Å². The van der Waals surface area contributed by atoms with Gasteiger partial charge < -0.3 is 15.5 Å². The van der Waals surface area contributed by atoms with Crippen LogP contribution >= 0.6 is 11.3 Å². The molecule has 0 atom stereocenters. The Kier molecular flexibility index (Phi) is 5.31. The van der Waals surface area contributed by atoms with Gasteiger partial charge in [0.2, 0.25) is 5.95 Å². The van der Waals surface area contributed by atoms with Crippen LogP contribution in [0.4, 0.5) is 20.3 Å². The number of anilines is 2. The lowest BCUT2D eigenvalue weighted by Crippen LogP contribution is -2.44. The van der Waals surface area contributed by atoms with Gasteiger partial charge in [-0.05, 0) is 19.1 Å². The van der Waals surface area contributed by atoms with Crippen LogP contribution in [0.2, 0.25) is 0 Å². The van der Waals surface area contributed by atoms with Crippen LogP contribution in [-0.2, 0) is 0 Å². The predicted octanol–water partition coefficient (Wildman–Crippen LogP) is 2.44. The molecule has 1 aromatic carbocycles. The van der Waals surface area contributed by atoms with Crippen molar-refractivity contribution in [3.05, 3.63) is 30.3 Å². The maximum absolute atomic E-state index is 14.7. The van der Waals surface area contributed by atoms with E-state index >= 15 is 0 Å². The number of hydrogen-bond donors (Lipinski definition) is 3. The van der Waals surface area contributed by atoms with E-state index in [1.54, 1.807) is 18.5 Å². The van der Waals surface area contributed by atoms with Gasteiger partial charge in [-0.1, -0.05) is 11.3 Å². The van der Waals surface area contributed by atoms with Crippen molar-refractivity contribution < 1.29 is 9.18 Å². The van der Waals surface area contributed by atoms with Crippen LogP contribution < -0.4 is 20.9 Å². The molecule has 2 aromatic heterocycles. The lowest BCUT2D eigenvalue weighted by Gasteiger charge is -2.27. The fourth-order valence-corrected chi connectivity index (χ4v) is 3.88. The van der Waals surface area contributed by atoms with E-state index in [9.17, 15) is 9.18 Å². The molecular weight excluding hydrogens is 381 g/mol. The molecule has 28 heavy (non-hydrogen) atoms. The molecule has 4 rings (SSSR count). The first-order valence-corrected chi connectivity index (χ1v) is 9.88. The molecule has 0 saturated carbocycles. The first-order chi connectivity index (χ1) is 13.6. The van der Waals surface area contributed by atoms with Gasteiger partial charge in [0.25, 0.3) is 0 Å². The molecule has 1 aliphatic heterocycles. The summed E-state index contributed by atoms with van der Waals surface area (Å²) >= 11 is 1.22. The van der Waals surface area contributed by atoms with Crippen molar-refractivity contribution >= 4 is 38.7 Å². The number of urea groups is 1. The van der Waals surface area contributed by atoms with E-state index in [0.717, 1.165) is 26.2 Å². The first kappa shape index (κ1) is 18.5. The molecule has 10 heteroatoms. The predicted molar refractivity (Wildman–Crippen MR) is 108 cm³/mol. The normalized spacial score (nSPS) is 14.3. The summed E-state index contributed by atoms with van der Waals surface area (Å²) in [5.41, 5.74) is 1.58. The van der Waals surface area contributed by atoms with Crippen LogP contribution in [0.25, 0.3) is 21.3 Å². The molecule has 1 aliphatic rings. The summed E-state index contributed by atoms with van der Waals surface area (Å²) in [6.45, 7) is 5.83. The van der Waals surface area contributed by atoms with Crippen molar-refractivity contribution in [3.63, 3.8) is 0 Å². The molecule has 146 valence electrons. The van der Waals surface area contributed by atoms with Crippen molar-refractivity contribution in [3.8, 4) is 11.1 Å². The standard InChI is InChI=1S/C18H20FN7OS/c1-2-21-17(27)25-18-24-14-7-12(13(19)8-15(14)28-18)11-9-22-16(23-10-11)26-5-3-20-4-6-26/h7-10,20H,2-6H2,1H3,(H2,21,24,25,27). The van der Waals surface area contributed by atoms with Crippen LogP contribution in [-0.4, -0.2) is 53.7 Å².